The first-order valence-electron chi connectivity index (χ1n) is 13.7. The van der Waals surface area contributed by atoms with E-state index in [4.69, 9.17) is 33.5 Å². The van der Waals surface area contributed by atoms with Gasteiger partial charge in [0, 0.05) is 19.3 Å². The van der Waals surface area contributed by atoms with Gasteiger partial charge in [0.2, 0.25) is 0 Å². The SMILES string of the molecule is CC(C)(C)CC(CO)OC1COC(C)(CC(C)(C)C(CO)OC(COC(=O)CCCC(=O)O)OC(C)(C)C)O1. The van der Waals surface area contributed by atoms with Crippen LogP contribution in [0.2, 0.25) is 0 Å². The number of esters is 1. The third kappa shape index (κ3) is 14.7. The smallest absolute Gasteiger partial charge is 0.305 e. The maximum atomic E-state index is 12.1. The Morgan fingerprint density at radius 1 is 1.03 bits per heavy atom. The highest BCUT2D eigenvalue weighted by atomic mass is 16.8. The molecule has 1 rings (SSSR count). The zero-order valence-corrected chi connectivity index (χ0v) is 25.3. The van der Waals surface area contributed by atoms with Gasteiger partial charge < -0.3 is 43.7 Å². The number of rotatable bonds is 17. The molecule has 5 unspecified atom stereocenters. The second-order valence-electron chi connectivity index (χ2n) is 13.3. The van der Waals surface area contributed by atoms with E-state index in [1.807, 2.05) is 34.6 Å². The summed E-state index contributed by atoms with van der Waals surface area (Å²) in [5.74, 6) is -2.56. The minimum absolute atomic E-state index is 0.0255. The quantitative estimate of drug-likeness (QED) is 0.176. The molecule has 230 valence electrons. The summed E-state index contributed by atoms with van der Waals surface area (Å²) in [6.07, 6.45) is -1.72. The Morgan fingerprint density at radius 2 is 1.67 bits per heavy atom. The van der Waals surface area contributed by atoms with Crippen LogP contribution in [0.25, 0.3) is 0 Å². The molecule has 0 aromatic heterocycles. The first-order valence-corrected chi connectivity index (χ1v) is 13.7. The Kier molecular flexibility index (Phi) is 13.8. The molecular weight excluding hydrogens is 512 g/mol. The summed E-state index contributed by atoms with van der Waals surface area (Å²) in [5, 5.41) is 28.7. The number of carboxylic acid groups (broad SMARTS) is 1. The lowest BCUT2D eigenvalue weighted by atomic mass is 9.80. The Bertz CT molecular complexity index is 756. The number of carbonyl (C=O) groups is 2. The molecule has 1 aliphatic rings. The van der Waals surface area contributed by atoms with Crippen molar-refractivity contribution in [2.75, 3.05) is 26.4 Å². The number of aliphatic hydroxyl groups excluding tert-OH is 2. The van der Waals surface area contributed by atoms with E-state index in [0.29, 0.717) is 12.8 Å². The molecule has 0 aromatic rings. The van der Waals surface area contributed by atoms with Crippen LogP contribution in [-0.4, -0.2) is 89.9 Å². The molecule has 0 aromatic carbocycles. The molecule has 0 bridgehead atoms. The molecule has 1 aliphatic heterocycles. The minimum Gasteiger partial charge on any atom is -0.481 e. The van der Waals surface area contributed by atoms with Crippen LogP contribution in [0.15, 0.2) is 0 Å². The lowest BCUT2D eigenvalue weighted by molar-refractivity contribution is -0.268. The normalized spacial score (nSPS) is 22.9. The highest BCUT2D eigenvalue weighted by Gasteiger charge is 2.46. The first-order chi connectivity index (χ1) is 17.8. The summed E-state index contributed by atoms with van der Waals surface area (Å²) in [5.41, 5.74) is -1.33. The molecule has 0 radical (unpaired) electrons. The predicted octanol–water partition coefficient (Wildman–Crippen LogP) is 3.62. The van der Waals surface area contributed by atoms with E-state index < -0.39 is 47.4 Å². The average molecular weight is 565 g/mol. The van der Waals surface area contributed by atoms with Crippen molar-refractivity contribution in [1.29, 1.82) is 0 Å². The van der Waals surface area contributed by atoms with Gasteiger partial charge in [-0.1, -0.05) is 34.6 Å². The fourth-order valence-corrected chi connectivity index (χ4v) is 4.52. The largest absolute Gasteiger partial charge is 0.481 e. The van der Waals surface area contributed by atoms with Gasteiger partial charge in [-0.05, 0) is 51.4 Å². The molecule has 11 nitrogen and oxygen atoms in total. The highest BCUT2D eigenvalue weighted by Crippen LogP contribution is 2.40. The molecular formula is C28H52O11. The van der Waals surface area contributed by atoms with Gasteiger partial charge in [-0.25, -0.2) is 0 Å². The van der Waals surface area contributed by atoms with Crippen LogP contribution in [0.3, 0.4) is 0 Å². The number of aliphatic hydroxyl groups is 2. The van der Waals surface area contributed by atoms with Crippen LogP contribution < -0.4 is 0 Å². The fraction of sp³-hybridized carbons (Fsp3) is 0.929. The number of aliphatic carboxylic acids is 1. The molecule has 1 heterocycles. The second-order valence-corrected chi connectivity index (χ2v) is 13.3. The molecule has 0 amide bonds. The van der Waals surface area contributed by atoms with Crippen LogP contribution in [0, 0.1) is 10.8 Å². The van der Waals surface area contributed by atoms with E-state index in [2.05, 4.69) is 20.8 Å². The van der Waals surface area contributed by atoms with Crippen LogP contribution in [0.5, 0.6) is 0 Å². The van der Waals surface area contributed by atoms with Crippen LogP contribution >= 0.6 is 0 Å². The van der Waals surface area contributed by atoms with Gasteiger partial charge in [0.25, 0.3) is 0 Å². The first kappa shape index (κ1) is 35.7. The molecule has 0 aliphatic carbocycles. The Morgan fingerprint density at radius 3 is 2.18 bits per heavy atom. The van der Waals surface area contributed by atoms with E-state index in [1.54, 1.807) is 6.92 Å². The Hall–Kier alpha value is -1.34. The van der Waals surface area contributed by atoms with Crippen molar-refractivity contribution >= 4 is 11.9 Å². The van der Waals surface area contributed by atoms with Crippen molar-refractivity contribution in [3.8, 4) is 0 Å². The van der Waals surface area contributed by atoms with Gasteiger partial charge in [-0.15, -0.1) is 0 Å². The molecule has 0 saturated carbocycles. The van der Waals surface area contributed by atoms with Gasteiger partial charge >= 0.3 is 11.9 Å². The number of hydrogen-bond acceptors (Lipinski definition) is 10. The van der Waals surface area contributed by atoms with Gasteiger partial charge in [0.05, 0.1) is 31.0 Å². The average Bonchev–Trinajstić information content (AvgIpc) is 3.11. The van der Waals surface area contributed by atoms with E-state index in [0.717, 1.165) is 0 Å². The molecule has 1 saturated heterocycles. The van der Waals surface area contributed by atoms with Crippen molar-refractivity contribution in [1.82, 2.24) is 0 Å². The van der Waals surface area contributed by atoms with Crippen molar-refractivity contribution in [2.45, 2.75) is 131 Å². The number of carbonyl (C=O) groups excluding carboxylic acids is 1. The predicted molar refractivity (Wildman–Crippen MR) is 143 cm³/mol. The van der Waals surface area contributed by atoms with Gasteiger partial charge in [-0.2, -0.15) is 0 Å². The lowest BCUT2D eigenvalue weighted by Crippen LogP contribution is -2.46. The molecule has 5 atom stereocenters. The summed E-state index contributed by atoms with van der Waals surface area (Å²) in [6, 6.07) is 0. The van der Waals surface area contributed by atoms with Crippen molar-refractivity contribution in [2.24, 2.45) is 10.8 Å². The molecule has 11 heteroatoms. The topological polar surface area (TPSA) is 150 Å². The summed E-state index contributed by atoms with van der Waals surface area (Å²) >= 11 is 0. The number of ether oxygens (including phenoxy) is 6. The van der Waals surface area contributed by atoms with Crippen LogP contribution in [-0.2, 0) is 38.0 Å². The van der Waals surface area contributed by atoms with Crippen molar-refractivity contribution in [3.05, 3.63) is 0 Å². The maximum absolute atomic E-state index is 12.1. The lowest BCUT2D eigenvalue weighted by Gasteiger charge is -2.40. The third-order valence-corrected chi connectivity index (χ3v) is 6.06. The summed E-state index contributed by atoms with van der Waals surface area (Å²) < 4.78 is 35.4. The van der Waals surface area contributed by atoms with Crippen LogP contribution in [0.1, 0.15) is 94.4 Å². The summed E-state index contributed by atoms with van der Waals surface area (Å²) in [7, 11) is 0. The Labute approximate surface area is 233 Å². The molecule has 3 N–H and O–H groups in total. The monoisotopic (exact) mass is 564 g/mol. The maximum Gasteiger partial charge on any atom is 0.305 e. The second kappa shape index (κ2) is 15.0. The summed E-state index contributed by atoms with van der Waals surface area (Å²) in [6.45, 7) is 16.8. The van der Waals surface area contributed by atoms with E-state index in [9.17, 15) is 19.8 Å². The van der Waals surface area contributed by atoms with Gasteiger partial charge in [0.1, 0.15) is 13.2 Å². The number of carboxylic acids is 1. The standard InChI is InChI=1S/C28H52O11/c1-25(2,3)13-19(14-29)36-24-17-35-28(9,39-24)18-27(7,8)20(15-30)37-23(38-26(4,5)6)16-34-22(33)12-10-11-21(31)32/h19-20,23-24,29-30H,10-18H2,1-9H3,(H,31,32). The summed E-state index contributed by atoms with van der Waals surface area (Å²) in [4.78, 5) is 22.8. The number of hydrogen-bond donors (Lipinski definition) is 3. The van der Waals surface area contributed by atoms with Crippen LogP contribution in [0.4, 0.5) is 0 Å². The third-order valence-electron chi connectivity index (χ3n) is 6.06. The van der Waals surface area contributed by atoms with Crippen molar-refractivity contribution in [3.63, 3.8) is 0 Å². The van der Waals surface area contributed by atoms with E-state index >= 15 is 0 Å². The Balaban J connectivity index is 2.82. The van der Waals surface area contributed by atoms with E-state index in [-0.39, 0.29) is 57.2 Å². The highest BCUT2D eigenvalue weighted by molar-refractivity contribution is 5.71. The zero-order valence-electron chi connectivity index (χ0n) is 25.3. The van der Waals surface area contributed by atoms with Gasteiger partial charge in [0.15, 0.2) is 18.4 Å². The molecule has 39 heavy (non-hydrogen) atoms. The molecule has 1 fully saturated rings. The molecule has 0 spiro atoms. The van der Waals surface area contributed by atoms with E-state index in [1.165, 1.54) is 0 Å². The minimum atomic E-state index is -1.02. The fourth-order valence-electron chi connectivity index (χ4n) is 4.52. The zero-order chi connectivity index (χ0) is 30.1. The van der Waals surface area contributed by atoms with Gasteiger partial charge in [-0.3, -0.25) is 9.59 Å². The van der Waals surface area contributed by atoms with Crippen molar-refractivity contribution < 1.29 is 53.3 Å².